The van der Waals surface area contributed by atoms with Crippen LogP contribution >= 0.6 is 0 Å². The zero-order valence-corrected chi connectivity index (χ0v) is 13.6. The van der Waals surface area contributed by atoms with Gasteiger partial charge in [-0.25, -0.2) is 13.2 Å². The molecule has 6 heteroatoms. The highest BCUT2D eigenvalue weighted by Crippen LogP contribution is 2.33. The summed E-state index contributed by atoms with van der Waals surface area (Å²) in [5.41, 5.74) is 2.28. The molecule has 1 nitrogen and oxygen atoms in total. The van der Waals surface area contributed by atoms with E-state index in [0.29, 0.717) is 5.56 Å². The Bertz CT molecular complexity index is 912. The first-order valence-corrected chi connectivity index (χ1v) is 7.66. The van der Waals surface area contributed by atoms with Crippen molar-refractivity contribution in [2.24, 2.45) is 0 Å². The van der Waals surface area contributed by atoms with Crippen LogP contribution in [0.15, 0.2) is 54.6 Å². The Morgan fingerprint density at radius 3 is 1.77 bits per heavy atom. The van der Waals surface area contributed by atoms with Crippen molar-refractivity contribution >= 4 is 0 Å². The second-order valence-corrected chi connectivity index (χ2v) is 5.71. The molecule has 3 aromatic carbocycles. The number of benzene rings is 3. The first-order chi connectivity index (χ1) is 12.3. The van der Waals surface area contributed by atoms with Crippen LogP contribution in [0.3, 0.4) is 0 Å². The van der Waals surface area contributed by atoms with E-state index in [-0.39, 0.29) is 11.1 Å². The van der Waals surface area contributed by atoms with Crippen molar-refractivity contribution in [1.82, 2.24) is 0 Å². The fraction of sp³-hybridized carbons (Fsp3) is 0.100. The molecule has 0 bridgehead atoms. The average Bonchev–Trinajstić information content (AvgIpc) is 2.58. The normalized spacial score (nSPS) is 11.0. The molecule has 0 amide bonds. The van der Waals surface area contributed by atoms with E-state index in [9.17, 15) is 22.0 Å². The van der Waals surface area contributed by atoms with E-state index in [2.05, 4.69) is 4.74 Å². The molecule has 0 radical (unpaired) electrons. The van der Waals surface area contributed by atoms with E-state index in [0.717, 1.165) is 23.3 Å². The van der Waals surface area contributed by atoms with Gasteiger partial charge in [0.2, 0.25) is 0 Å². The van der Waals surface area contributed by atoms with Gasteiger partial charge in [-0.05, 0) is 41.8 Å². The lowest BCUT2D eigenvalue weighted by molar-refractivity contribution is -0.0546. The van der Waals surface area contributed by atoms with E-state index in [1.165, 1.54) is 12.1 Å². The lowest BCUT2D eigenvalue weighted by atomic mass is 9.99. The summed E-state index contributed by atoms with van der Waals surface area (Å²) >= 11 is 0. The predicted octanol–water partition coefficient (Wildman–Crippen LogP) is 6.35. The van der Waals surface area contributed by atoms with Gasteiger partial charge in [-0.2, -0.15) is 8.78 Å². The van der Waals surface area contributed by atoms with Gasteiger partial charge in [-0.3, -0.25) is 0 Å². The molecule has 3 rings (SSSR count). The Hall–Kier alpha value is -2.89. The van der Waals surface area contributed by atoms with Crippen molar-refractivity contribution in [3.63, 3.8) is 0 Å². The van der Waals surface area contributed by atoms with Crippen molar-refractivity contribution < 1.29 is 26.7 Å². The molecule has 0 unspecified atom stereocenters. The van der Waals surface area contributed by atoms with Crippen LogP contribution in [-0.2, 0) is 0 Å². The van der Waals surface area contributed by atoms with Gasteiger partial charge < -0.3 is 4.74 Å². The zero-order valence-electron chi connectivity index (χ0n) is 13.6. The van der Waals surface area contributed by atoms with Crippen LogP contribution in [0.2, 0.25) is 0 Å². The molecule has 0 aromatic heterocycles. The van der Waals surface area contributed by atoms with Crippen LogP contribution in [0, 0.1) is 24.4 Å². The van der Waals surface area contributed by atoms with Gasteiger partial charge in [0.05, 0.1) is 0 Å². The monoisotopic (exact) mass is 364 g/mol. The Morgan fingerprint density at radius 1 is 0.692 bits per heavy atom. The third-order valence-corrected chi connectivity index (χ3v) is 3.87. The largest absolute Gasteiger partial charge is 0.429 e. The minimum Gasteiger partial charge on any atom is -0.429 e. The van der Waals surface area contributed by atoms with Crippen LogP contribution in [0.4, 0.5) is 22.0 Å². The van der Waals surface area contributed by atoms with Gasteiger partial charge in [0, 0.05) is 5.56 Å². The predicted molar refractivity (Wildman–Crippen MR) is 88.6 cm³/mol. The van der Waals surface area contributed by atoms with Crippen LogP contribution in [0.5, 0.6) is 5.75 Å². The molecule has 0 saturated heterocycles. The molecule has 0 spiro atoms. The fourth-order valence-electron chi connectivity index (χ4n) is 2.59. The highest BCUT2D eigenvalue weighted by molar-refractivity contribution is 5.71. The highest BCUT2D eigenvalue weighted by Gasteiger charge is 2.18. The Morgan fingerprint density at radius 2 is 1.23 bits per heavy atom. The van der Waals surface area contributed by atoms with Gasteiger partial charge >= 0.3 is 6.61 Å². The van der Waals surface area contributed by atoms with Gasteiger partial charge in [0.25, 0.3) is 0 Å². The molecule has 26 heavy (non-hydrogen) atoms. The van der Waals surface area contributed by atoms with Crippen LogP contribution in [0.1, 0.15) is 5.56 Å². The van der Waals surface area contributed by atoms with Crippen molar-refractivity contribution in [2.45, 2.75) is 13.5 Å². The van der Waals surface area contributed by atoms with Crippen molar-refractivity contribution in [3.8, 4) is 28.0 Å². The number of hydrogen-bond donors (Lipinski definition) is 0. The van der Waals surface area contributed by atoms with Gasteiger partial charge in [0.15, 0.2) is 17.4 Å². The Labute approximate surface area is 146 Å². The molecule has 0 aliphatic carbocycles. The molecule has 0 fully saturated rings. The minimum atomic E-state index is -3.37. The number of hydrogen-bond acceptors (Lipinski definition) is 1. The van der Waals surface area contributed by atoms with E-state index >= 15 is 0 Å². The van der Waals surface area contributed by atoms with Crippen molar-refractivity contribution in [3.05, 3.63) is 77.6 Å². The Balaban J connectivity index is 1.98. The molecule has 134 valence electrons. The molecule has 0 saturated carbocycles. The van der Waals surface area contributed by atoms with Crippen molar-refractivity contribution in [2.75, 3.05) is 0 Å². The third-order valence-electron chi connectivity index (χ3n) is 3.87. The van der Waals surface area contributed by atoms with E-state index in [4.69, 9.17) is 0 Å². The molecule has 3 aromatic rings. The summed E-state index contributed by atoms with van der Waals surface area (Å²) in [6.07, 6.45) is 0. The van der Waals surface area contributed by atoms with E-state index in [1.807, 2.05) is 31.2 Å². The lowest BCUT2D eigenvalue weighted by Gasteiger charge is -2.11. The maximum absolute atomic E-state index is 14.5. The second kappa shape index (κ2) is 7.15. The van der Waals surface area contributed by atoms with Gasteiger partial charge in [-0.15, -0.1) is 0 Å². The van der Waals surface area contributed by atoms with Crippen LogP contribution < -0.4 is 4.74 Å². The summed E-state index contributed by atoms with van der Waals surface area (Å²) in [5, 5.41) is 0. The topological polar surface area (TPSA) is 9.23 Å². The van der Waals surface area contributed by atoms with E-state index < -0.39 is 29.8 Å². The standard InChI is InChI=1S/C20H13F5O/c1-11-2-4-12(5-3-11)13-6-7-15(16(21)8-13)14-9-17(22)19(18(23)10-14)26-20(24)25/h2-10,20H,1H3. The molecule has 0 N–H and O–H groups in total. The molecule has 0 aliphatic rings. The SMILES string of the molecule is Cc1ccc(-c2ccc(-c3cc(F)c(OC(F)F)c(F)c3)c(F)c2)cc1. The maximum atomic E-state index is 14.5. The van der Waals surface area contributed by atoms with Crippen LogP contribution in [0.25, 0.3) is 22.3 Å². The fourth-order valence-corrected chi connectivity index (χ4v) is 2.59. The summed E-state index contributed by atoms with van der Waals surface area (Å²) in [4.78, 5) is 0. The summed E-state index contributed by atoms with van der Waals surface area (Å²) in [6.45, 7) is -1.44. The number of rotatable bonds is 4. The van der Waals surface area contributed by atoms with Gasteiger partial charge in [-0.1, -0.05) is 42.0 Å². The number of ether oxygens (including phenoxy) is 1. The average molecular weight is 364 g/mol. The summed E-state index contributed by atoms with van der Waals surface area (Å²) in [7, 11) is 0. The summed E-state index contributed by atoms with van der Waals surface area (Å²) in [5.74, 6) is -4.55. The van der Waals surface area contributed by atoms with Gasteiger partial charge in [0.1, 0.15) is 5.82 Å². The lowest BCUT2D eigenvalue weighted by Crippen LogP contribution is -2.06. The quantitative estimate of drug-likeness (QED) is 0.490. The summed E-state index contributed by atoms with van der Waals surface area (Å²) < 4.78 is 70.4. The van der Waals surface area contributed by atoms with Crippen LogP contribution in [-0.4, -0.2) is 6.61 Å². The molecular weight excluding hydrogens is 351 g/mol. The Kier molecular flexibility index (Phi) is 4.93. The first-order valence-electron chi connectivity index (χ1n) is 7.66. The highest BCUT2D eigenvalue weighted by atomic mass is 19.3. The molecule has 0 heterocycles. The number of halogens is 5. The summed E-state index contributed by atoms with van der Waals surface area (Å²) in [6, 6.07) is 13.2. The molecule has 0 aliphatic heterocycles. The number of alkyl halides is 2. The molecule has 0 atom stereocenters. The molecular formula is C20H13F5O. The zero-order chi connectivity index (χ0) is 18.8. The third kappa shape index (κ3) is 3.69. The van der Waals surface area contributed by atoms with E-state index in [1.54, 1.807) is 6.07 Å². The van der Waals surface area contributed by atoms with Crippen molar-refractivity contribution in [1.29, 1.82) is 0 Å². The smallest absolute Gasteiger partial charge is 0.387 e. The minimum absolute atomic E-state index is 0.0535. The first kappa shape index (κ1) is 17.9. The number of aryl methyl sites for hydroxylation is 1. The second-order valence-electron chi connectivity index (χ2n) is 5.71. The maximum Gasteiger partial charge on any atom is 0.387 e.